The van der Waals surface area contributed by atoms with Crippen molar-refractivity contribution in [2.24, 2.45) is 0 Å². The van der Waals surface area contributed by atoms with E-state index < -0.39 is 0 Å². The smallest absolute Gasteiger partial charge is 0.257 e. The molecule has 1 N–H and O–H groups in total. The van der Waals surface area contributed by atoms with Gasteiger partial charge in [-0.15, -0.1) is 0 Å². The van der Waals surface area contributed by atoms with Crippen LogP contribution in [0.5, 0.6) is 17.2 Å². The molecule has 0 spiro atoms. The molecule has 2 aromatic carbocycles. The first-order valence-corrected chi connectivity index (χ1v) is 9.54. The van der Waals surface area contributed by atoms with Crippen molar-refractivity contribution in [3.63, 3.8) is 0 Å². The first-order valence-electron chi connectivity index (χ1n) is 9.54. The lowest BCUT2D eigenvalue weighted by atomic mass is 9.87. The lowest BCUT2D eigenvalue weighted by Gasteiger charge is -2.19. The van der Waals surface area contributed by atoms with E-state index in [1.54, 1.807) is 14.2 Å². The van der Waals surface area contributed by atoms with E-state index in [1.807, 2.05) is 42.5 Å². The largest absolute Gasteiger partial charge is 0.493 e. The van der Waals surface area contributed by atoms with E-state index in [-0.39, 0.29) is 17.9 Å². The monoisotopic (exact) mass is 385 g/mol. The fourth-order valence-electron chi connectivity index (χ4n) is 2.81. The molecule has 0 aliphatic heterocycles. The van der Waals surface area contributed by atoms with Crippen molar-refractivity contribution in [1.82, 2.24) is 5.32 Å². The van der Waals surface area contributed by atoms with Gasteiger partial charge in [0.2, 0.25) is 0 Å². The molecule has 1 amide bonds. The van der Waals surface area contributed by atoms with Crippen molar-refractivity contribution in [1.29, 1.82) is 0 Å². The first-order chi connectivity index (χ1) is 13.3. The number of methoxy groups -OCH3 is 2. The molecule has 0 aliphatic carbocycles. The summed E-state index contributed by atoms with van der Waals surface area (Å²) < 4.78 is 16.1. The standard InChI is InChI=1S/C23H31NO4/c1-23(2,3)18-9-11-19(12-10-18)28-16-22(25)24-14-6-7-17-8-13-20(26-4)21(15-17)27-5/h8-13,15H,6-7,14,16H2,1-5H3,(H,24,25). The highest BCUT2D eigenvalue weighted by atomic mass is 16.5. The molecule has 0 heterocycles. The maximum atomic E-state index is 12.0. The number of hydrogen-bond acceptors (Lipinski definition) is 4. The Bertz CT molecular complexity index is 763. The number of hydrogen-bond donors (Lipinski definition) is 1. The normalized spacial score (nSPS) is 11.0. The number of carbonyl (C=O) groups excluding carboxylic acids is 1. The van der Waals surface area contributed by atoms with Crippen LogP contribution in [0.25, 0.3) is 0 Å². The Morgan fingerprint density at radius 3 is 2.25 bits per heavy atom. The summed E-state index contributed by atoms with van der Waals surface area (Å²) in [6.07, 6.45) is 1.68. The maximum absolute atomic E-state index is 12.0. The zero-order valence-corrected chi connectivity index (χ0v) is 17.5. The molecule has 0 fully saturated rings. The van der Waals surface area contributed by atoms with Crippen molar-refractivity contribution in [3.05, 3.63) is 53.6 Å². The van der Waals surface area contributed by atoms with E-state index in [0.717, 1.165) is 24.2 Å². The Labute approximate surface area is 168 Å². The molecule has 0 saturated heterocycles. The minimum atomic E-state index is -0.118. The summed E-state index contributed by atoms with van der Waals surface area (Å²) in [5.74, 6) is 2.02. The van der Waals surface area contributed by atoms with Crippen LogP contribution in [0, 0.1) is 0 Å². The zero-order chi connectivity index (χ0) is 20.6. The summed E-state index contributed by atoms with van der Waals surface area (Å²) in [4.78, 5) is 12.0. The third-order valence-corrected chi connectivity index (χ3v) is 4.50. The average molecular weight is 386 g/mol. The van der Waals surface area contributed by atoms with E-state index in [1.165, 1.54) is 5.56 Å². The van der Waals surface area contributed by atoms with Crippen LogP contribution in [0.15, 0.2) is 42.5 Å². The number of amides is 1. The van der Waals surface area contributed by atoms with Crippen LogP contribution in [-0.2, 0) is 16.6 Å². The molecule has 0 aliphatic rings. The molecule has 0 bridgehead atoms. The van der Waals surface area contributed by atoms with Gasteiger partial charge in [-0.05, 0) is 53.6 Å². The molecule has 0 saturated carbocycles. The van der Waals surface area contributed by atoms with Gasteiger partial charge in [-0.2, -0.15) is 0 Å². The van der Waals surface area contributed by atoms with Gasteiger partial charge in [-0.1, -0.05) is 39.0 Å². The van der Waals surface area contributed by atoms with Crippen molar-refractivity contribution < 1.29 is 19.0 Å². The Kier molecular flexibility index (Phi) is 7.73. The molecule has 0 atom stereocenters. The van der Waals surface area contributed by atoms with Gasteiger partial charge in [0.25, 0.3) is 5.91 Å². The Balaban J connectivity index is 1.70. The maximum Gasteiger partial charge on any atom is 0.257 e. The van der Waals surface area contributed by atoms with E-state index >= 15 is 0 Å². The second kappa shape index (κ2) is 10.0. The summed E-state index contributed by atoms with van der Waals surface area (Å²) in [6, 6.07) is 13.8. The van der Waals surface area contributed by atoms with Gasteiger partial charge in [0, 0.05) is 6.54 Å². The molecular weight excluding hydrogens is 354 g/mol. The molecule has 5 heteroatoms. The highest BCUT2D eigenvalue weighted by Gasteiger charge is 2.13. The minimum absolute atomic E-state index is 0.0191. The van der Waals surface area contributed by atoms with Crippen molar-refractivity contribution >= 4 is 5.91 Å². The number of rotatable bonds is 9. The number of aryl methyl sites for hydroxylation is 1. The molecule has 0 aromatic heterocycles. The van der Waals surface area contributed by atoms with Crippen molar-refractivity contribution in [2.45, 2.75) is 39.0 Å². The summed E-state index contributed by atoms with van der Waals surface area (Å²) >= 11 is 0. The van der Waals surface area contributed by atoms with Crippen LogP contribution in [0.3, 0.4) is 0 Å². The molecule has 5 nitrogen and oxygen atoms in total. The lowest BCUT2D eigenvalue weighted by molar-refractivity contribution is -0.123. The molecular formula is C23H31NO4. The zero-order valence-electron chi connectivity index (χ0n) is 17.5. The predicted molar refractivity (Wildman–Crippen MR) is 112 cm³/mol. The van der Waals surface area contributed by atoms with Gasteiger partial charge >= 0.3 is 0 Å². The summed E-state index contributed by atoms with van der Waals surface area (Å²) in [5, 5.41) is 2.89. The van der Waals surface area contributed by atoms with Crippen molar-refractivity contribution in [2.75, 3.05) is 27.4 Å². The van der Waals surface area contributed by atoms with Crippen molar-refractivity contribution in [3.8, 4) is 17.2 Å². The molecule has 0 radical (unpaired) electrons. The van der Waals surface area contributed by atoms with Gasteiger partial charge in [0.15, 0.2) is 18.1 Å². The highest BCUT2D eigenvalue weighted by molar-refractivity contribution is 5.77. The first kappa shape index (κ1) is 21.6. The van der Waals surface area contributed by atoms with E-state index in [0.29, 0.717) is 18.0 Å². The predicted octanol–water partition coefficient (Wildman–Crippen LogP) is 4.13. The van der Waals surface area contributed by atoms with E-state index in [9.17, 15) is 4.79 Å². The topological polar surface area (TPSA) is 56.8 Å². The SMILES string of the molecule is COc1ccc(CCCNC(=O)COc2ccc(C(C)(C)C)cc2)cc1OC. The van der Waals surface area contributed by atoms with Gasteiger partial charge < -0.3 is 19.5 Å². The number of benzene rings is 2. The van der Waals surface area contributed by atoms with Crippen LogP contribution < -0.4 is 19.5 Å². The Morgan fingerprint density at radius 2 is 1.64 bits per heavy atom. The second-order valence-electron chi connectivity index (χ2n) is 7.71. The quantitative estimate of drug-likeness (QED) is 0.660. The van der Waals surface area contributed by atoms with Crippen LogP contribution in [0.2, 0.25) is 0 Å². The number of ether oxygens (including phenoxy) is 3. The summed E-state index contributed by atoms with van der Waals surface area (Å²) in [5.41, 5.74) is 2.48. The van der Waals surface area contributed by atoms with Gasteiger partial charge in [0.1, 0.15) is 5.75 Å². The van der Waals surface area contributed by atoms with Gasteiger partial charge in [-0.3, -0.25) is 4.79 Å². The molecule has 2 aromatic rings. The lowest BCUT2D eigenvalue weighted by Crippen LogP contribution is -2.29. The third kappa shape index (κ3) is 6.48. The summed E-state index contributed by atoms with van der Waals surface area (Å²) in [7, 11) is 3.24. The number of carbonyl (C=O) groups is 1. The van der Waals surface area contributed by atoms with Gasteiger partial charge in [0.05, 0.1) is 14.2 Å². The minimum Gasteiger partial charge on any atom is -0.493 e. The molecule has 152 valence electrons. The van der Waals surface area contributed by atoms with E-state index in [4.69, 9.17) is 14.2 Å². The van der Waals surface area contributed by atoms with Crippen LogP contribution >= 0.6 is 0 Å². The highest BCUT2D eigenvalue weighted by Crippen LogP contribution is 2.28. The Morgan fingerprint density at radius 1 is 0.964 bits per heavy atom. The second-order valence-corrected chi connectivity index (χ2v) is 7.71. The molecule has 2 rings (SSSR count). The third-order valence-electron chi connectivity index (χ3n) is 4.50. The van der Waals surface area contributed by atoms with Crippen LogP contribution in [0.4, 0.5) is 0 Å². The van der Waals surface area contributed by atoms with E-state index in [2.05, 4.69) is 26.1 Å². The fourth-order valence-corrected chi connectivity index (χ4v) is 2.81. The molecule has 0 unspecified atom stereocenters. The van der Waals surface area contributed by atoms with Crippen LogP contribution in [0.1, 0.15) is 38.3 Å². The summed E-state index contributed by atoms with van der Waals surface area (Å²) in [6.45, 7) is 7.11. The van der Waals surface area contributed by atoms with Crippen LogP contribution in [-0.4, -0.2) is 33.3 Å². The average Bonchev–Trinajstić information content (AvgIpc) is 2.69. The molecule has 28 heavy (non-hydrogen) atoms. The number of nitrogens with one attached hydrogen (secondary N) is 1. The van der Waals surface area contributed by atoms with Gasteiger partial charge in [-0.25, -0.2) is 0 Å². The fraction of sp³-hybridized carbons (Fsp3) is 0.435. The Hall–Kier alpha value is -2.69.